The van der Waals surface area contributed by atoms with E-state index < -0.39 is 10.0 Å². The van der Waals surface area contributed by atoms with E-state index in [1.54, 1.807) is 18.2 Å². The van der Waals surface area contributed by atoms with E-state index in [9.17, 15) is 8.42 Å². The van der Waals surface area contributed by atoms with Crippen LogP contribution in [0.25, 0.3) is 0 Å². The fraction of sp³-hybridized carbons (Fsp3) is 0.368. The molecule has 2 aromatic carbocycles. The third kappa shape index (κ3) is 4.84. The smallest absolute Gasteiger partial charge is 0.262 e. The van der Waals surface area contributed by atoms with Crippen molar-refractivity contribution in [3.8, 4) is 11.5 Å². The van der Waals surface area contributed by atoms with Crippen LogP contribution >= 0.6 is 0 Å². The summed E-state index contributed by atoms with van der Waals surface area (Å²) < 4.78 is 43.7. The minimum atomic E-state index is -3.74. The molecule has 2 aromatic rings. The van der Waals surface area contributed by atoms with E-state index in [0.29, 0.717) is 17.2 Å². The fourth-order valence-corrected chi connectivity index (χ4v) is 3.96. The number of sulfonamides is 1. The van der Waals surface area contributed by atoms with Crippen molar-refractivity contribution in [2.45, 2.75) is 23.8 Å². The van der Waals surface area contributed by atoms with Crippen LogP contribution in [0.1, 0.15) is 12.8 Å². The summed E-state index contributed by atoms with van der Waals surface area (Å²) in [5, 5.41) is 3.30. The van der Waals surface area contributed by atoms with Gasteiger partial charge in [0.15, 0.2) is 11.5 Å². The molecule has 1 saturated heterocycles. The molecule has 1 fully saturated rings. The van der Waals surface area contributed by atoms with Gasteiger partial charge in [0, 0.05) is 30.6 Å². The van der Waals surface area contributed by atoms with Crippen LogP contribution < -0.4 is 19.5 Å². The number of anilines is 2. The summed E-state index contributed by atoms with van der Waals surface area (Å²) in [6, 6.07) is 11.6. The molecule has 0 saturated carbocycles. The van der Waals surface area contributed by atoms with Crippen LogP contribution in [-0.4, -0.2) is 41.9 Å². The molecule has 0 spiro atoms. The van der Waals surface area contributed by atoms with Crippen molar-refractivity contribution in [1.29, 1.82) is 0 Å². The van der Waals surface area contributed by atoms with Gasteiger partial charge in [-0.3, -0.25) is 4.72 Å². The van der Waals surface area contributed by atoms with Crippen LogP contribution in [0.15, 0.2) is 47.4 Å². The lowest BCUT2D eigenvalue weighted by atomic mass is 10.2. The SMILES string of the molecule is COc1ccc(S(=O)(=O)Nc2ccc(NCC3CCCO3)cc2)cc1OC. The normalized spacial score (nSPS) is 16.7. The summed E-state index contributed by atoms with van der Waals surface area (Å²) in [6.07, 6.45) is 2.41. The second kappa shape index (κ2) is 8.49. The number of rotatable bonds is 8. The number of benzene rings is 2. The minimum Gasteiger partial charge on any atom is -0.493 e. The Morgan fingerprint density at radius 1 is 1.04 bits per heavy atom. The van der Waals surface area contributed by atoms with E-state index in [1.807, 2.05) is 12.1 Å². The molecule has 1 aliphatic rings. The zero-order chi connectivity index (χ0) is 19.3. The van der Waals surface area contributed by atoms with Crippen LogP contribution in [-0.2, 0) is 14.8 Å². The molecule has 0 aromatic heterocycles. The molecular weight excluding hydrogens is 368 g/mol. The van der Waals surface area contributed by atoms with Crippen LogP contribution in [0.2, 0.25) is 0 Å². The molecule has 7 nitrogen and oxygen atoms in total. The zero-order valence-electron chi connectivity index (χ0n) is 15.4. The van der Waals surface area contributed by atoms with Gasteiger partial charge in [-0.05, 0) is 49.2 Å². The molecule has 0 radical (unpaired) electrons. The topological polar surface area (TPSA) is 85.9 Å². The van der Waals surface area contributed by atoms with Crippen molar-refractivity contribution in [2.24, 2.45) is 0 Å². The van der Waals surface area contributed by atoms with Crippen LogP contribution in [0.5, 0.6) is 11.5 Å². The first-order chi connectivity index (χ1) is 13.0. The van der Waals surface area contributed by atoms with Gasteiger partial charge in [0.25, 0.3) is 10.0 Å². The first-order valence-electron chi connectivity index (χ1n) is 8.72. The average Bonchev–Trinajstić information content (AvgIpc) is 3.20. The van der Waals surface area contributed by atoms with Crippen molar-refractivity contribution in [3.05, 3.63) is 42.5 Å². The van der Waals surface area contributed by atoms with E-state index in [2.05, 4.69) is 10.0 Å². The monoisotopic (exact) mass is 392 g/mol. The fourth-order valence-electron chi connectivity index (χ4n) is 2.89. The quantitative estimate of drug-likeness (QED) is 0.718. The molecule has 146 valence electrons. The Labute approximate surface area is 159 Å². The first kappa shape index (κ1) is 19.3. The standard InChI is InChI=1S/C19H24N2O5S/c1-24-18-10-9-17(12-19(18)25-2)27(22,23)21-15-7-5-14(6-8-15)20-13-16-4-3-11-26-16/h5-10,12,16,20-21H,3-4,11,13H2,1-2H3. The molecule has 1 unspecified atom stereocenters. The Kier molecular flexibility index (Phi) is 6.08. The summed E-state index contributed by atoms with van der Waals surface area (Å²) in [4.78, 5) is 0.0979. The predicted octanol–water partition coefficient (Wildman–Crippen LogP) is 3.10. The van der Waals surface area contributed by atoms with Gasteiger partial charge in [-0.2, -0.15) is 0 Å². The van der Waals surface area contributed by atoms with Crippen molar-refractivity contribution in [3.63, 3.8) is 0 Å². The third-order valence-corrected chi connectivity index (χ3v) is 5.74. The Hall–Kier alpha value is -2.45. The van der Waals surface area contributed by atoms with Crippen molar-refractivity contribution >= 4 is 21.4 Å². The maximum absolute atomic E-state index is 12.6. The lowest BCUT2D eigenvalue weighted by Crippen LogP contribution is -2.18. The summed E-state index contributed by atoms with van der Waals surface area (Å²) in [5.74, 6) is 0.826. The molecule has 2 N–H and O–H groups in total. The summed E-state index contributed by atoms with van der Waals surface area (Å²) in [7, 11) is -0.774. The van der Waals surface area contributed by atoms with Gasteiger partial charge in [-0.25, -0.2) is 8.42 Å². The third-order valence-electron chi connectivity index (χ3n) is 4.36. The Bertz CT molecular complexity index is 862. The van der Waals surface area contributed by atoms with Gasteiger partial charge in [0.1, 0.15) is 0 Å². The highest BCUT2D eigenvalue weighted by molar-refractivity contribution is 7.92. The summed E-state index contributed by atoms with van der Waals surface area (Å²) >= 11 is 0. The molecule has 0 amide bonds. The molecule has 1 atom stereocenters. The molecule has 8 heteroatoms. The average molecular weight is 392 g/mol. The molecule has 1 aliphatic heterocycles. The van der Waals surface area contributed by atoms with E-state index in [4.69, 9.17) is 14.2 Å². The van der Waals surface area contributed by atoms with E-state index >= 15 is 0 Å². The van der Waals surface area contributed by atoms with Gasteiger partial charge in [0.05, 0.1) is 25.2 Å². The highest BCUT2D eigenvalue weighted by Gasteiger charge is 2.18. The van der Waals surface area contributed by atoms with Gasteiger partial charge in [-0.1, -0.05) is 0 Å². The van der Waals surface area contributed by atoms with Gasteiger partial charge < -0.3 is 19.5 Å². The number of hydrogen-bond acceptors (Lipinski definition) is 6. The lowest BCUT2D eigenvalue weighted by molar-refractivity contribution is 0.120. The highest BCUT2D eigenvalue weighted by atomic mass is 32.2. The van der Waals surface area contributed by atoms with Crippen molar-refractivity contribution < 1.29 is 22.6 Å². The van der Waals surface area contributed by atoms with Crippen LogP contribution in [0, 0.1) is 0 Å². The van der Waals surface area contributed by atoms with E-state index in [-0.39, 0.29) is 11.0 Å². The molecule has 27 heavy (non-hydrogen) atoms. The van der Waals surface area contributed by atoms with E-state index in [1.165, 1.54) is 26.4 Å². The van der Waals surface area contributed by atoms with Crippen molar-refractivity contribution in [2.75, 3.05) is 37.4 Å². The predicted molar refractivity (Wildman–Crippen MR) is 104 cm³/mol. The largest absolute Gasteiger partial charge is 0.493 e. The molecule has 0 aliphatic carbocycles. The Morgan fingerprint density at radius 3 is 2.37 bits per heavy atom. The molecule has 1 heterocycles. The second-order valence-corrected chi connectivity index (χ2v) is 7.90. The van der Waals surface area contributed by atoms with Gasteiger partial charge >= 0.3 is 0 Å². The van der Waals surface area contributed by atoms with Gasteiger partial charge in [0.2, 0.25) is 0 Å². The van der Waals surface area contributed by atoms with Crippen molar-refractivity contribution in [1.82, 2.24) is 0 Å². The van der Waals surface area contributed by atoms with Crippen LogP contribution in [0.4, 0.5) is 11.4 Å². The second-order valence-electron chi connectivity index (χ2n) is 6.22. The Balaban J connectivity index is 1.66. The summed E-state index contributed by atoms with van der Waals surface area (Å²) in [6.45, 7) is 1.57. The van der Waals surface area contributed by atoms with E-state index in [0.717, 1.165) is 31.7 Å². The molecular formula is C19H24N2O5S. The maximum atomic E-state index is 12.6. The highest BCUT2D eigenvalue weighted by Crippen LogP contribution is 2.30. The number of methoxy groups -OCH3 is 2. The Morgan fingerprint density at radius 2 is 1.74 bits per heavy atom. The lowest BCUT2D eigenvalue weighted by Gasteiger charge is -2.13. The summed E-state index contributed by atoms with van der Waals surface area (Å²) in [5.41, 5.74) is 1.40. The maximum Gasteiger partial charge on any atom is 0.262 e. The molecule has 0 bridgehead atoms. The minimum absolute atomic E-state index is 0.0979. The zero-order valence-corrected chi connectivity index (χ0v) is 16.2. The van der Waals surface area contributed by atoms with Gasteiger partial charge in [-0.15, -0.1) is 0 Å². The molecule has 3 rings (SSSR count). The number of hydrogen-bond donors (Lipinski definition) is 2. The first-order valence-corrected chi connectivity index (χ1v) is 10.2. The number of ether oxygens (including phenoxy) is 3. The van der Waals surface area contributed by atoms with Crippen LogP contribution in [0.3, 0.4) is 0 Å². The number of nitrogens with one attached hydrogen (secondary N) is 2.